The van der Waals surface area contributed by atoms with Gasteiger partial charge in [-0.2, -0.15) is 0 Å². The first kappa shape index (κ1) is 14.7. The van der Waals surface area contributed by atoms with Gasteiger partial charge < -0.3 is 10.5 Å². The highest BCUT2D eigenvalue weighted by atomic mass is 32.1. The molecule has 0 aliphatic carbocycles. The second-order valence-electron chi connectivity index (χ2n) is 4.87. The molecule has 21 heavy (non-hydrogen) atoms. The highest BCUT2D eigenvalue weighted by molar-refractivity contribution is 7.19. The summed E-state index contributed by atoms with van der Waals surface area (Å²) in [5, 5.41) is 1.27. The zero-order valence-corrected chi connectivity index (χ0v) is 13.6. The maximum absolute atomic E-state index is 5.89. The van der Waals surface area contributed by atoms with Gasteiger partial charge in [0.15, 0.2) is 0 Å². The van der Waals surface area contributed by atoms with E-state index in [1.165, 1.54) is 25.4 Å². The van der Waals surface area contributed by atoms with Gasteiger partial charge in [-0.1, -0.05) is 18.2 Å². The van der Waals surface area contributed by atoms with Crippen LogP contribution < -0.4 is 5.73 Å². The lowest BCUT2D eigenvalue weighted by molar-refractivity contribution is 0.125. The first-order valence-electron chi connectivity index (χ1n) is 6.95. The molecule has 3 rings (SSSR count). The summed E-state index contributed by atoms with van der Waals surface area (Å²) in [5.41, 5.74) is 10.1. The van der Waals surface area contributed by atoms with Gasteiger partial charge in [0.05, 0.1) is 24.4 Å². The molecule has 0 atom stereocenters. The topological polar surface area (TPSA) is 48.1 Å². The molecule has 110 valence electrons. The van der Waals surface area contributed by atoms with E-state index in [1.54, 1.807) is 22.7 Å². The first-order chi connectivity index (χ1) is 10.3. The Morgan fingerprint density at radius 2 is 2.10 bits per heavy atom. The molecule has 5 heteroatoms. The van der Waals surface area contributed by atoms with Crippen LogP contribution in [0.4, 0.5) is 0 Å². The van der Waals surface area contributed by atoms with E-state index in [4.69, 9.17) is 10.5 Å². The van der Waals surface area contributed by atoms with Crippen LogP contribution in [0, 0.1) is 6.92 Å². The number of thiophene rings is 1. The van der Waals surface area contributed by atoms with Gasteiger partial charge >= 0.3 is 0 Å². The third kappa shape index (κ3) is 3.16. The fourth-order valence-corrected chi connectivity index (χ4v) is 4.23. The summed E-state index contributed by atoms with van der Waals surface area (Å²) in [4.78, 5) is 6.80. The monoisotopic (exact) mass is 318 g/mol. The molecule has 2 N–H and O–H groups in total. The maximum Gasteiger partial charge on any atom is 0.0797 e. The second kappa shape index (κ2) is 6.66. The van der Waals surface area contributed by atoms with Crippen molar-refractivity contribution in [1.29, 1.82) is 0 Å². The smallest absolute Gasteiger partial charge is 0.0797 e. The van der Waals surface area contributed by atoms with Crippen LogP contribution in [0.25, 0.3) is 10.1 Å². The number of thiazole rings is 1. The number of rotatable bonds is 6. The van der Waals surface area contributed by atoms with E-state index < -0.39 is 0 Å². The normalized spacial score (nSPS) is 11.3. The summed E-state index contributed by atoms with van der Waals surface area (Å²) in [6.07, 6.45) is 0.927. The molecule has 0 amide bonds. The summed E-state index contributed by atoms with van der Waals surface area (Å²) < 4.78 is 7.17. The minimum Gasteiger partial charge on any atom is -0.376 e. The van der Waals surface area contributed by atoms with Crippen molar-refractivity contribution in [3.8, 4) is 0 Å². The van der Waals surface area contributed by atoms with E-state index in [1.807, 2.05) is 12.4 Å². The van der Waals surface area contributed by atoms with E-state index in [9.17, 15) is 0 Å². The fraction of sp³-hybridized carbons (Fsp3) is 0.312. The summed E-state index contributed by atoms with van der Waals surface area (Å²) >= 11 is 3.47. The van der Waals surface area contributed by atoms with Gasteiger partial charge in [0.25, 0.3) is 0 Å². The Hall–Kier alpha value is -1.27. The third-order valence-electron chi connectivity index (χ3n) is 3.53. The van der Waals surface area contributed by atoms with Crippen LogP contribution in [-0.2, 0) is 24.3 Å². The number of aryl methyl sites for hydroxylation is 1. The molecule has 3 aromatic rings. The summed E-state index contributed by atoms with van der Waals surface area (Å²) in [6.45, 7) is 3.97. The van der Waals surface area contributed by atoms with Gasteiger partial charge in [-0.15, -0.1) is 22.7 Å². The molecule has 1 aromatic carbocycles. The van der Waals surface area contributed by atoms with E-state index in [0.29, 0.717) is 13.2 Å². The first-order valence-corrected chi connectivity index (χ1v) is 8.65. The Morgan fingerprint density at radius 3 is 2.86 bits per heavy atom. The zero-order valence-electron chi connectivity index (χ0n) is 12.0. The summed E-state index contributed by atoms with van der Waals surface area (Å²) in [6, 6.07) is 8.43. The van der Waals surface area contributed by atoms with Gasteiger partial charge in [0, 0.05) is 33.0 Å². The lowest BCUT2D eigenvalue weighted by Crippen LogP contribution is -2.02. The van der Waals surface area contributed by atoms with E-state index in [-0.39, 0.29) is 0 Å². The van der Waals surface area contributed by atoms with Crippen molar-refractivity contribution in [3.63, 3.8) is 0 Å². The van der Waals surface area contributed by atoms with Crippen molar-refractivity contribution < 1.29 is 4.74 Å². The predicted octanol–water partition coefficient (Wildman–Crippen LogP) is 3.88. The number of hydrogen-bond donors (Lipinski definition) is 1. The second-order valence-corrected chi connectivity index (χ2v) is 6.94. The molecule has 0 aliphatic rings. The Morgan fingerprint density at radius 1 is 1.24 bits per heavy atom. The van der Waals surface area contributed by atoms with Gasteiger partial charge in [0.2, 0.25) is 0 Å². The lowest BCUT2D eigenvalue weighted by atomic mass is 10.1. The Kier molecular flexibility index (Phi) is 4.65. The van der Waals surface area contributed by atoms with Crippen LogP contribution >= 0.6 is 22.7 Å². The number of nitrogens with zero attached hydrogens (tertiary/aromatic N) is 1. The molecule has 0 unspecified atom stereocenters. The predicted molar refractivity (Wildman–Crippen MR) is 89.9 cm³/mol. The van der Waals surface area contributed by atoms with Crippen LogP contribution in [0.1, 0.15) is 21.0 Å². The number of hydrogen-bond acceptors (Lipinski definition) is 5. The Bertz CT molecular complexity index is 733. The average molecular weight is 318 g/mol. The molecule has 2 aromatic heterocycles. The minimum absolute atomic E-state index is 0.575. The minimum atomic E-state index is 0.575. The van der Waals surface area contributed by atoms with Crippen molar-refractivity contribution in [2.24, 2.45) is 5.73 Å². The van der Waals surface area contributed by atoms with Crippen LogP contribution in [-0.4, -0.2) is 11.6 Å². The van der Waals surface area contributed by atoms with Crippen LogP contribution in [0.15, 0.2) is 29.8 Å². The maximum atomic E-state index is 5.89. The van der Waals surface area contributed by atoms with Crippen molar-refractivity contribution in [2.45, 2.75) is 26.5 Å². The standard InChI is InChI=1S/C16H18N2OS2/c1-11-14(20-10-18-11)6-7-19-9-13-12-4-2-3-5-15(12)21-16(13)8-17/h2-5,10H,6-9,17H2,1H3. The number of ether oxygens (including phenoxy) is 1. The molecule has 3 nitrogen and oxygen atoms in total. The van der Waals surface area contributed by atoms with Gasteiger partial charge in [-0.05, 0) is 18.4 Å². The number of nitrogens with two attached hydrogens (primary N) is 1. The van der Waals surface area contributed by atoms with Crippen molar-refractivity contribution in [3.05, 3.63) is 50.8 Å². The average Bonchev–Trinajstić information content (AvgIpc) is 3.07. The van der Waals surface area contributed by atoms with Crippen LogP contribution in [0.5, 0.6) is 0 Å². The fourth-order valence-electron chi connectivity index (χ4n) is 2.38. The molecule has 2 heterocycles. The van der Waals surface area contributed by atoms with Crippen LogP contribution in [0.2, 0.25) is 0 Å². The highest BCUT2D eigenvalue weighted by Gasteiger charge is 2.11. The zero-order chi connectivity index (χ0) is 14.7. The van der Waals surface area contributed by atoms with Gasteiger partial charge in [0.1, 0.15) is 0 Å². The van der Waals surface area contributed by atoms with Crippen molar-refractivity contribution in [1.82, 2.24) is 4.98 Å². The molecular weight excluding hydrogens is 300 g/mol. The Balaban J connectivity index is 1.66. The van der Waals surface area contributed by atoms with Crippen molar-refractivity contribution in [2.75, 3.05) is 6.61 Å². The molecular formula is C16H18N2OS2. The van der Waals surface area contributed by atoms with Gasteiger partial charge in [-0.3, -0.25) is 0 Å². The molecule has 0 spiro atoms. The SMILES string of the molecule is Cc1ncsc1CCOCc1c(CN)sc2ccccc12. The van der Waals surface area contributed by atoms with Crippen molar-refractivity contribution >= 4 is 32.8 Å². The van der Waals surface area contributed by atoms with E-state index in [2.05, 4.69) is 29.2 Å². The number of aromatic nitrogens is 1. The summed E-state index contributed by atoms with van der Waals surface area (Å²) in [7, 11) is 0. The molecule has 0 fully saturated rings. The van der Waals surface area contributed by atoms with E-state index in [0.717, 1.165) is 18.7 Å². The van der Waals surface area contributed by atoms with Gasteiger partial charge in [-0.25, -0.2) is 4.98 Å². The molecule has 0 bridgehead atoms. The molecule has 0 radical (unpaired) electrons. The third-order valence-corrected chi connectivity index (χ3v) is 5.76. The Labute approximate surface area is 132 Å². The molecule has 0 saturated carbocycles. The lowest BCUT2D eigenvalue weighted by Gasteiger charge is -2.05. The largest absolute Gasteiger partial charge is 0.376 e. The number of fused-ring (bicyclic) bond motifs is 1. The molecule has 0 aliphatic heterocycles. The molecule has 0 saturated heterocycles. The highest BCUT2D eigenvalue weighted by Crippen LogP contribution is 2.31. The number of benzene rings is 1. The summed E-state index contributed by atoms with van der Waals surface area (Å²) in [5.74, 6) is 0. The van der Waals surface area contributed by atoms with Crippen LogP contribution in [0.3, 0.4) is 0 Å². The van der Waals surface area contributed by atoms with E-state index >= 15 is 0 Å². The quantitative estimate of drug-likeness (QED) is 0.702.